The van der Waals surface area contributed by atoms with Crippen molar-refractivity contribution in [1.29, 1.82) is 0 Å². The molecule has 2 aromatic carbocycles. The number of benzene rings is 2. The molecule has 1 amide bonds. The third-order valence-electron chi connectivity index (χ3n) is 3.97. The second kappa shape index (κ2) is 11.4. The summed E-state index contributed by atoms with van der Waals surface area (Å²) >= 11 is 4.56. The van der Waals surface area contributed by atoms with E-state index in [1.54, 1.807) is 52.0 Å². The van der Waals surface area contributed by atoms with Crippen molar-refractivity contribution in [1.82, 2.24) is 15.8 Å². The molecular formula is C23H29ClN4O4S. The molecule has 0 heterocycles. The molecule has 0 aromatic heterocycles. The Balaban J connectivity index is 2.55. The van der Waals surface area contributed by atoms with Crippen LogP contribution in [-0.2, 0) is 20.7 Å². The van der Waals surface area contributed by atoms with Crippen LogP contribution in [0.1, 0.15) is 31.1 Å². The van der Waals surface area contributed by atoms with Gasteiger partial charge in [-0.15, -0.1) is 0 Å². The molecule has 178 valence electrons. The topological polar surface area (TPSA) is 106 Å². The zero-order valence-corrected chi connectivity index (χ0v) is 21.1. The van der Waals surface area contributed by atoms with Gasteiger partial charge in [-0.3, -0.25) is 4.79 Å². The number of halogens is 1. The lowest BCUT2D eigenvalue weighted by Gasteiger charge is -2.25. The second-order valence-electron chi connectivity index (χ2n) is 8.30. The van der Waals surface area contributed by atoms with Gasteiger partial charge in [0, 0.05) is 30.9 Å². The molecule has 0 saturated carbocycles. The van der Waals surface area contributed by atoms with Crippen molar-refractivity contribution in [3.8, 4) is 0 Å². The maximum absolute atomic E-state index is 13.2. The molecule has 0 fully saturated rings. The Hall–Kier alpha value is -2.72. The minimum absolute atomic E-state index is 0.00805. The first kappa shape index (κ1) is 26.5. The Morgan fingerprint density at radius 3 is 2.27 bits per heavy atom. The van der Waals surface area contributed by atoms with E-state index in [1.165, 1.54) is 24.5 Å². The Morgan fingerprint density at radius 2 is 1.73 bits per heavy atom. The van der Waals surface area contributed by atoms with Gasteiger partial charge in [0.1, 0.15) is 11.9 Å². The van der Waals surface area contributed by atoms with E-state index >= 15 is 0 Å². The molecule has 1 unspecified atom stereocenters. The van der Waals surface area contributed by atoms with Gasteiger partial charge in [-0.05, 0) is 56.2 Å². The maximum Gasteiger partial charge on any atom is 0.359 e. The molecule has 8 nitrogen and oxygen atoms in total. The van der Waals surface area contributed by atoms with E-state index in [4.69, 9.17) is 16.3 Å². The van der Waals surface area contributed by atoms with Gasteiger partial charge in [0.25, 0.3) is 5.91 Å². The van der Waals surface area contributed by atoms with E-state index in [1.807, 2.05) is 18.2 Å². The first-order chi connectivity index (χ1) is 15.4. The smallest absolute Gasteiger partial charge is 0.359 e. The monoisotopic (exact) mass is 492 g/mol. The van der Waals surface area contributed by atoms with E-state index in [9.17, 15) is 14.1 Å². The van der Waals surface area contributed by atoms with Crippen LogP contribution in [0.15, 0.2) is 64.9 Å². The highest BCUT2D eigenvalue weighted by molar-refractivity contribution is 7.90. The number of carbonyl (C=O) groups excluding carboxylic acids is 2. The molecule has 3 N–H and O–H groups in total. The van der Waals surface area contributed by atoms with E-state index in [-0.39, 0.29) is 22.0 Å². The standard InChI is InChI=1S/C23H29ClN4O4S/c1-23(2,3)32-22(30)19(25-16-10-8-7-9-11-16)20(27-28(4)5)26-21(29)17-13-12-15(24)14-18(17)33(6)31/h7-14,25,27H,1-6H3,(H,26,29)/b20-19-. The minimum atomic E-state index is -1.46. The highest BCUT2D eigenvalue weighted by Gasteiger charge is 2.27. The van der Waals surface area contributed by atoms with Crippen molar-refractivity contribution in [2.24, 2.45) is 0 Å². The second-order valence-corrected chi connectivity index (χ2v) is 10.1. The van der Waals surface area contributed by atoms with Gasteiger partial charge in [0.2, 0.25) is 0 Å². The molecule has 33 heavy (non-hydrogen) atoms. The highest BCUT2D eigenvalue weighted by Crippen LogP contribution is 2.22. The van der Waals surface area contributed by atoms with Gasteiger partial charge in [0.05, 0.1) is 5.56 Å². The first-order valence-electron chi connectivity index (χ1n) is 10.1. The summed E-state index contributed by atoms with van der Waals surface area (Å²) in [7, 11) is 3.41. The molecule has 10 heteroatoms. The van der Waals surface area contributed by atoms with Gasteiger partial charge in [-0.2, -0.15) is 0 Å². The molecule has 0 radical (unpaired) electrons. The highest BCUT2D eigenvalue weighted by atomic mass is 35.5. The number of carbonyl (C=O) groups is 2. The lowest BCUT2D eigenvalue weighted by atomic mass is 10.2. The molecule has 0 aliphatic heterocycles. The van der Waals surface area contributed by atoms with Gasteiger partial charge in [-0.25, -0.2) is 9.80 Å². The largest absolute Gasteiger partial charge is 0.612 e. The summed E-state index contributed by atoms with van der Waals surface area (Å²) in [6.45, 7) is 5.25. The van der Waals surface area contributed by atoms with Gasteiger partial charge in [-0.1, -0.05) is 29.8 Å². The summed E-state index contributed by atoms with van der Waals surface area (Å²) in [5, 5.41) is 7.67. The average Bonchev–Trinajstić information content (AvgIpc) is 2.70. The number of hydrogen-bond acceptors (Lipinski definition) is 7. The molecule has 0 aliphatic carbocycles. The summed E-state index contributed by atoms with van der Waals surface area (Å²) in [5.74, 6) is -1.19. The summed E-state index contributed by atoms with van der Waals surface area (Å²) in [6, 6.07) is 13.5. The summed E-state index contributed by atoms with van der Waals surface area (Å²) in [4.78, 5) is 26.6. The molecule has 0 spiro atoms. The zero-order chi connectivity index (χ0) is 24.8. The van der Waals surface area contributed by atoms with Crippen LogP contribution in [0, 0.1) is 0 Å². The third-order valence-corrected chi connectivity index (χ3v) is 5.16. The molecule has 0 saturated heterocycles. The van der Waals surface area contributed by atoms with Crippen LogP contribution < -0.4 is 16.1 Å². The number of hydrogen-bond donors (Lipinski definition) is 3. The van der Waals surface area contributed by atoms with Crippen molar-refractivity contribution in [3.05, 3.63) is 70.6 Å². The van der Waals surface area contributed by atoms with Crippen LogP contribution in [0.5, 0.6) is 0 Å². The normalized spacial score (nSPS) is 13.1. The van der Waals surface area contributed by atoms with Crippen LogP contribution >= 0.6 is 11.6 Å². The predicted molar refractivity (Wildman–Crippen MR) is 131 cm³/mol. The van der Waals surface area contributed by atoms with Gasteiger partial charge in [0.15, 0.2) is 16.4 Å². The molecule has 0 aliphatic rings. The van der Waals surface area contributed by atoms with E-state index in [0.29, 0.717) is 10.7 Å². The van der Waals surface area contributed by atoms with Gasteiger partial charge < -0.3 is 25.3 Å². The number of amides is 1. The van der Waals surface area contributed by atoms with E-state index in [2.05, 4.69) is 16.1 Å². The third kappa shape index (κ3) is 8.29. The minimum Gasteiger partial charge on any atom is -0.612 e. The Bertz CT molecular complexity index is 1020. The summed E-state index contributed by atoms with van der Waals surface area (Å²) in [5.41, 5.74) is 2.95. The zero-order valence-electron chi connectivity index (χ0n) is 19.5. The molecule has 2 rings (SSSR count). The van der Waals surface area contributed by atoms with Crippen LogP contribution in [0.25, 0.3) is 0 Å². The quantitative estimate of drug-likeness (QED) is 0.224. The van der Waals surface area contributed by atoms with Gasteiger partial charge >= 0.3 is 5.97 Å². The number of rotatable bonds is 8. The fourth-order valence-corrected chi connectivity index (χ4v) is 3.68. The van der Waals surface area contributed by atoms with Crippen molar-refractivity contribution in [2.45, 2.75) is 31.3 Å². The Morgan fingerprint density at radius 1 is 1.09 bits per heavy atom. The first-order valence-corrected chi connectivity index (χ1v) is 12.0. The van der Waals surface area contributed by atoms with Crippen LogP contribution in [-0.4, -0.2) is 47.4 Å². The predicted octanol–water partition coefficient (Wildman–Crippen LogP) is 3.50. The van der Waals surface area contributed by atoms with Crippen LogP contribution in [0.3, 0.4) is 0 Å². The molecular weight excluding hydrogens is 464 g/mol. The maximum atomic E-state index is 13.2. The van der Waals surface area contributed by atoms with Crippen molar-refractivity contribution in [2.75, 3.05) is 25.7 Å². The number of para-hydroxylation sites is 1. The van der Waals surface area contributed by atoms with Crippen molar-refractivity contribution >= 4 is 40.3 Å². The molecule has 2 aromatic rings. The number of ether oxygens (including phenoxy) is 1. The van der Waals surface area contributed by atoms with E-state index < -0.39 is 28.7 Å². The summed E-state index contributed by atoms with van der Waals surface area (Å²) in [6.07, 6.45) is 1.46. The Kier molecular flexibility index (Phi) is 9.18. The number of anilines is 1. The van der Waals surface area contributed by atoms with Crippen LogP contribution in [0.4, 0.5) is 5.69 Å². The molecule has 0 bridgehead atoms. The SMILES string of the molecule is CN(C)N/C(NC(=O)c1ccc(Cl)cc1[S+](C)[O-])=C(\Nc1ccccc1)C(=O)OC(C)(C)C. The summed E-state index contributed by atoms with van der Waals surface area (Å²) < 4.78 is 17.7. The number of nitrogens with zero attached hydrogens (tertiary/aromatic N) is 1. The van der Waals surface area contributed by atoms with E-state index in [0.717, 1.165) is 0 Å². The lowest BCUT2D eigenvalue weighted by Crippen LogP contribution is -2.42. The Labute approximate surface area is 202 Å². The number of nitrogens with one attached hydrogen (secondary N) is 3. The average molecular weight is 493 g/mol. The number of esters is 1. The molecule has 1 atom stereocenters. The fraction of sp³-hybridized carbons (Fsp3) is 0.304. The fourth-order valence-electron chi connectivity index (χ4n) is 2.68. The lowest BCUT2D eigenvalue weighted by molar-refractivity contribution is -0.149. The van der Waals surface area contributed by atoms with Crippen molar-refractivity contribution in [3.63, 3.8) is 0 Å². The van der Waals surface area contributed by atoms with Crippen LogP contribution in [0.2, 0.25) is 5.02 Å². The number of hydrazine groups is 1. The van der Waals surface area contributed by atoms with Crippen molar-refractivity contribution < 1.29 is 18.9 Å².